The summed E-state index contributed by atoms with van der Waals surface area (Å²) in [6.07, 6.45) is -0.562. The van der Waals surface area contributed by atoms with Crippen LogP contribution in [0.25, 0.3) is 0 Å². The van der Waals surface area contributed by atoms with E-state index in [0.29, 0.717) is 5.75 Å². The molecule has 8 nitrogen and oxygen atoms in total. The molecule has 0 aliphatic rings. The molecular weight excluding hydrogens is 486 g/mol. The van der Waals surface area contributed by atoms with Crippen LogP contribution in [0.2, 0.25) is 0 Å². The minimum Gasteiger partial charge on any atom is -0.482 e. The first-order chi connectivity index (χ1) is 18.2. The van der Waals surface area contributed by atoms with Gasteiger partial charge < -0.3 is 24.3 Å². The number of benzene rings is 3. The monoisotopic (exact) mass is 519 g/mol. The maximum atomic E-state index is 12.9. The van der Waals surface area contributed by atoms with Crippen LogP contribution in [0.4, 0.5) is 4.79 Å². The molecule has 1 unspecified atom stereocenters. The highest BCUT2D eigenvalue weighted by Crippen LogP contribution is 2.15. The second kappa shape index (κ2) is 13.8. The molecule has 3 aromatic carbocycles. The average molecular weight is 520 g/mol. The summed E-state index contributed by atoms with van der Waals surface area (Å²) in [6.45, 7) is 5.28. The molecule has 0 saturated heterocycles. The van der Waals surface area contributed by atoms with Crippen molar-refractivity contribution in [2.24, 2.45) is 0 Å². The quantitative estimate of drug-likeness (QED) is 0.281. The van der Waals surface area contributed by atoms with Crippen LogP contribution in [0.5, 0.6) is 5.75 Å². The Kier molecular flexibility index (Phi) is 10.3. The molecular formula is C30H33NO7. The van der Waals surface area contributed by atoms with Crippen LogP contribution in [-0.2, 0) is 43.4 Å². The van der Waals surface area contributed by atoms with E-state index < -0.39 is 29.7 Å². The van der Waals surface area contributed by atoms with Crippen molar-refractivity contribution in [1.29, 1.82) is 0 Å². The number of hydrogen-bond acceptors (Lipinski definition) is 7. The van der Waals surface area contributed by atoms with E-state index in [-0.39, 0.29) is 26.2 Å². The molecule has 1 amide bonds. The van der Waals surface area contributed by atoms with E-state index in [1.54, 1.807) is 45.0 Å². The van der Waals surface area contributed by atoms with E-state index >= 15 is 0 Å². The average Bonchev–Trinajstić information content (AvgIpc) is 2.90. The lowest BCUT2D eigenvalue weighted by molar-refractivity contribution is -0.157. The van der Waals surface area contributed by atoms with Crippen molar-refractivity contribution in [3.63, 3.8) is 0 Å². The Balaban J connectivity index is 1.60. The minimum atomic E-state index is -0.976. The van der Waals surface area contributed by atoms with Gasteiger partial charge in [-0.05, 0) is 49.6 Å². The van der Waals surface area contributed by atoms with Crippen molar-refractivity contribution in [3.05, 3.63) is 102 Å². The van der Waals surface area contributed by atoms with Crippen LogP contribution >= 0.6 is 0 Å². The standard InChI is InChI=1S/C30H33NO7/c1-30(2,3)38-27(32)21-35-25-16-14-22(15-17-25)18-26(28(33)36-19-23-10-6-4-7-11-23)31-29(34)37-20-24-12-8-5-9-13-24/h4-17,26H,18-21H2,1-3H3,(H,31,34). The van der Waals surface area contributed by atoms with E-state index in [4.69, 9.17) is 18.9 Å². The SMILES string of the molecule is CC(C)(C)OC(=O)COc1ccc(CC(NC(=O)OCc2ccccc2)C(=O)OCc2ccccc2)cc1. The van der Waals surface area contributed by atoms with Gasteiger partial charge in [0.2, 0.25) is 0 Å². The third kappa shape index (κ3) is 10.3. The van der Waals surface area contributed by atoms with Gasteiger partial charge >= 0.3 is 18.0 Å². The van der Waals surface area contributed by atoms with Crippen molar-refractivity contribution >= 4 is 18.0 Å². The summed E-state index contributed by atoms with van der Waals surface area (Å²) in [5.74, 6) is -0.588. The normalized spacial score (nSPS) is 11.7. The van der Waals surface area contributed by atoms with Crippen LogP contribution < -0.4 is 10.1 Å². The van der Waals surface area contributed by atoms with Gasteiger partial charge in [0.1, 0.15) is 30.6 Å². The first-order valence-electron chi connectivity index (χ1n) is 12.3. The zero-order valence-electron chi connectivity index (χ0n) is 21.8. The number of nitrogens with one attached hydrogen (secondary N) is 1. The molecule has 0 aliphatic heterocycles. The Morgan fingerprint density at radius 1 is 0.737 bits per heavy atom. The predicted octanol–water partition coefficient (Wildman–Crippen LogP) is 4.99. The topological polar surface area (TPSA) is 100 Å². The van der Waals surface area contributed by atoms with Crippen LogP contribution in [0.1, 0.15) is 37.5 Å². The molecule has 0 bridgehead atoms. The highest BCUT2D eigenvalue weighted by Gasteiger charge is 2.24. The number of rotatable bonds is 11. The predicted molar refractivity (Wildman–Crippen MR) is 141 cm³/mol. The first kappa shape index (κ1) is 28.2. The molecule has 0 saturated carbocycles. The van der Waals surface area contributed by atoms with E-state index in [1.165, 1.54) is 0 Å². The molecule has 38 heavy (non-hydrogen) atoms. The van der Waals surface area contributed by atoms with Gasteiger partial charge in [0, 0.05) is 6.42 Å². The number of amides is 1. The van der Waals surface area contributed by atoms with Gasteiger partial charge in [-0.1, -0.05) is 72.8 Å². The Morgan fingerprint density at radius 2 is 1.29 bits per heavy atom. The van der Waals surface area contributed by atoms with Gasteiger partial charge in [0.15, 0.2) is 6.61 Å². The fourth-order valence-corrected chi connectivity index (χ4v) is 3.40. The lowest BCUT2D eigenvalue weighted by Gasteiger charge is -2.19. The highest BCUT2D eigenvalue weighted by molar-refractivity contribution is 5.81. The summed E-state index contributed by atoms with van der Waals surface area (Å²) >= 11 is 0. The third-order valence-corrected chi connectivity index (χ3v) is 5.15. The maximum Gasteiger partial charge on any atom is 0.408 e. The summed E-state index contributed by atoms with van der Waals surface area (Å²) in [5, 5.41) is 2.62. The molecule has 1 atom stereocenters. The molecule has 8 heteroatoms. The Labute approximate surface area is 222 Å². The number of carbonyl (C=O) groups excluding carboxylic acids is 3. The van der Waals surface area contributed by atoms with Crippen molar-refractivity contribution < 1.29 is 33.3 Å². The second-order valence-corrected chi connectivity index (χ2v) is 9.58. The van der Waals surface area contributed by atoms with Crippen LogP contribution in [0.3, 0.4) is 0 Å². The molecule has 0 fully saturated rings. The summed E-state index contributed by atoms with van der Waals surface area (Å²) in [5.41, 5.74) is 1.81. The Morgan fingerprint density at radius 3 is 1.84 bits per heavy atom. The highest BCUT2D eigenvalue weighted by atomic mass is 16.6. The molecule has 200 valence electrons. The summed E-state index contributed by atoms with van der Waals surface area (Å²) in [4.78, 5) is 37.3. The molecule has 0 aliphatic carbocycles. The summed E-state index contributed by atoms with van der Waals surface area (Å²) in [6, 6.07) is 24.4. The number of alkyl carbamates (subject to hydrolysis) is 1. The smallest absolute Gasteiger partial charge is 0.408 e. The second-order valence-electron chi connectivity index (χ2n) is 9.58. The maximum absolute atomic E-state index is 12.9. The van der Waals surface area contributed by atoms with Crippen molar-refractivity contribution in [2.45, 2.75) is 52.0 Å². The van der Waals surface area contributed by atoms with Crippen LogP contribution in [0, 0.1) is 0 Å². The Bertz CT molecular complexity index is 1170. The summed E-state index contributed by atoms with van der Waals surface area (Å²) in [7, 11) is 0. The minimum absolute atomic E-state index is 0.0716. The van der Waals surface area contributed by atoms with E-state index in [1.807, 2.05) is 60.7 Å². The molecule has 3 rings (SSSR count). The van der Waals surface area contributed by atoms with Crippen LogP contribution in [-0.4, -0.2) is 36.3 Å². The van der Waals surface area contributed by atoms with Gasteiger partial charge in [-0.2, -0.15) is 0 Å². The van der Waals surface area contributed by atoms with E-state index in [2.05, 4.69) is 5.32 Å². The molecule has 0 heterocycles. The van der Waals surface area contributed by atoms with Gasteiger partial charge in [-0.3, -0.25) is 0 Å². The molecule has 0 spiro atoms. The molecule has 1 N–H and O–H groups in total. The fraction of sp³-hybridized carbons (Fsp3) is 0.300. The number of hydrogen-bond donors (Lipinski definition) is 1. The van der Waals surface area contributed by atoms with Crippen molar-refractivity contribution in [2.75, 3.05) is 6.61 Å². The number of ether oxygens (including phenoxy) is 4. The van der Waals surface area contributed by atoms with E-state index in [9.17, 15) is 14.4 Å². The van der Waals surface area contributed by atoms with Gasteiger partial charge in [0.25, 0.3) is 0 Å². The Hall–Kier alpha value is -4.33. The van der Waals surface area contributed by atoms with Gasteiger partial charge in [-0.15, -0.1) is 0 Å². The zero-order valence-corrected chi connectivity index (χ0v) is 21.8. The van der Waals surface area contributed by atoms with Gasteiger partial charge in [-0.25, -0.2) is 14.4 Å². The fourth-order valence-electron chi connectivity index (χ4n) is 3.40. The third-order valence-electron chi connectivity index (χ3n) is 5.15. The molecule has 3 aromatic rings. The molecule has 0 radical (unpaired) electrons. The van der Waals surface area contributed by atoms with Gasteiger partial charge in [0.05, 0.1) is 0 Å². The zero-order chi connectivity index (χ0) is 27.4. The number of esters is 2. The molecule has 0 aromatic heterocycles. The first-order valence-corrected chi connectivity index (χ1v) is 12.3. The van der Waals surface area contributed by atoms with E-state index in [0.717, 1.165) is 16.7 Å². The largest absolute Gasteiger partial charge is 0.482 e. The lowest BCUT2D eigenvalue weighted by atomic mass is 10.1. The van der Waals surface area contributed by atoms with Crippen molar-refractivity contribution in [3.8, 4) is 5.75 Å². The summed E-state index contributed by atoms with van der Waals surface area (Å²) < 4.78 is 21.5. The number of carbonyl (C=O) groups is 3. The lowest BCUT2D eigenvalue weighted by Crippen LogP contribution is -2.43. The van der Waals surface area contributed by atoms with Crippen molar-refractivity contribution in [1.82, 2.24) is 5.32 Å². The van der Waals surface area contributed by atoms with Crippen LogP contribution in [0.15, 0.2) is 84.9 Å².